The topological polar surface area (TPSA) is 43.6 Å². The second-order valence-electron chi connectivity index (χ2n) is 6.98. The van der Waals surface area contributed by atoms with Crippen molar-refractivity contribution < 1.29 is 0 Å². The molecule has 3 aromatic carbocycles. The van der Waals surface area contributed by atoms with Gasteiger partial charge < -0.3 is 4.57 Å². The molecule has 0 atom stereocenters. The molecule has 0 amide bonds. The van der Waals surface area contributed by atoms with E-state index in [1.807, 2.05) is 12.1 Å². The van der Waals surface area contributed by atoms with Crippen molar-refractivity contribution in [2.75, 3.05) is 0 Å². The van der Waals surface area contributed by atoms with Gasteiger partial charge in [-0.05, 0) is 24.4 Å². The number of hydrogen-bond acceptors (Lipinski definition) is 3. The van der Waals surface area contributed by atoms with Crippen LogP contribution in [0.5, 0.6) is 0 Å². The van der Waals surface area contributed by atoms with Gasteiger partial charge in [-0.1, -0.05) is 48.5 Å². The molecule has 4 nitrogen and oxygen atoms in total. The molecule has 0 aliphatic rings. The van der Waals surface area contributed by atoms with E-state index in [0.717, 1.165) is 46.6 Å². The average Bonchev–Trinajstić information content (AvgIpc) is 3.03. The fraction of sp³-hybridized carbons (Fsp3) is 0.174. The van der Waals surface area contributed by atoms with E-state index in [2.05, 4.69) is 67.1 Å². The van der Waals surface area contributed by atoms with Gasteiger partial charge in [0.2, 0.25) is 0 Å². The zero-order valence-electron chi connectivity index (χ0n) is 15.5. The lowest BCUT2D eigenvalue weighted by Crippen LogP contribution is -2.04. The number of nitrogens with zero attached hydrogens (tertiary/aromatic N) is 4. The van der Waals surface area contributed by atoms with Crippen LogP contribution in [0, 0.1) is 6.92 Å². The third-order valence-corrected chi connectivity index (χ3v) is 5.28. The summed E-state index contributed by atoms with van der Waals surface area (Å²) in [5.41, 5.74) is 4.28. The van der Waals surface area contributed by atoms with Crippen molar-refractivity contribution in [1.82, 2.24) is 19.5 Å². The largest absolute Gasteiger partial charge is 0.331 e. The number of aryl methyl sites for hydroxylation is 4. The highest BCUT2D eigenvalue weighted by atomic mass is 15.1. The lowest BCUT2D eigenvalue weighted by atomic mass is 10.1. The number of para-hydroxylation sites is 1. The van der Waals surface area contributed by atoms with Gasteiger partial charge in [-0.3, -0.25) is 0 Å². The van der Waals surface area contributed by atoms with E-state index >= 15 is 0 Å². The van der Waals surface area contributed by atoms with Gasteiger partial charge in [0.1, 0.15) is 11.6 Å². The molecular formula is C23H20N4. The molecule has 27 heavy (non-hydrogen) atoms. The van der Waals surface area contributed by atoms with Crippen LogP contribution in [0.25, 0.3) is 32.7 Å². The molecule has 0 aliphatic carbocycles. The van der Waals surface area contributed by atoms with Gasteiger partial charge >= 0.3 is 0 Å². The summed E-state index contributed by atoms with van der Waals surface area (Å²) in [6.45, 7) is 2.05. The predicted molar refractivity (Wildman–Crippen MR) is 110 cm³/mol. The van der Waals surface area contributed by atoms with Crippen molar-refractivity contribution in [2.24, 2.45) is 7.05 Å². The van der Waals surface area contributed by atoms with Crippen molar-refractivity contribution in [3.63, 3.8) is 0 Å². The second kappa shape index (κ2) is 6.16. The van der Waals surface area contributed by atoms with Crippen LogP contribution in [0.3, 0.4) is 0 Å². The Morgan fingerprint density at radius 3 is 2.44 bits per heavy atom. The van der Waals surface area contributed by atoms with E-state index in [4.69, 9.17) is 15.0 Å². The fourth-order valence-corrected chi connectivity index (χ4v) is 3.83. The first-order chi connectivity index (χ1) is 13.2. The van der Waals surface area contributed by atoms with Gasteiger partial charge in [-0.2, -0.15) is 0 Å². The zero-order chi connectivity index (χ0) is 18.4. The summed E-state index contributed by atoms with van der Waals surface area (Å²) < 4.78 is 2.19. The van der Waals surface area contributed by atoms with Crippen molar-refractivity contribution in [1.29, 1.82) is 0 Å². The van der Waals surface area contributed by atoms with Gasteiger partial charge in [0.05, 0.1) is 16.6 Å². The monoisotopic (exact) mass is 352 g/mol. The normalized spacial score (nSPS) is 11.6. The van der Waals surface area contributed by atoms with Crippen LogP contribution in [-0.4, -0.2) is 19.5 Å². The Hall–Kier alpha value is -3.27. The SMILES string of the molecule is Cc1nc(CCc2nc3c4ccccc4ccc3n2C)nc2ccccc12. The molecule has 2 heterocycles. The highest BCUT2D eigenvalue weighted by molar-refractivity contribution is 6.04. The van der Waals surface area contributed by atoms with Crippen LogP contribution in [0.2, 0.25) is 0 Å². The van der Waals surface area contributed by atoms with Crippen molar-refractivity contribution in [2.45, 2.75) is 19.8 Å². The van der Waals surface area contributed by atoms with Crippen LogP contribution in [-0.2, 0) is 19.9 Å². The average molecular weight is 352 g/mol. The first kappa shape index (κ1) is 15.9. The van der Waals surface area contributed by atoms with Crippen LogP contribution in [0.4, 0.5) is 0 Å². The Balaban J connectivity index is 1.52. The van der Waals surface area contributed by atoms with Gasteiger partial charge in [-0.15, -0.1) is 0 Å². The summed E-state index contributed by atoms with van der Waals surface area (Å²) >= 11 is 0. The van der Waals surface area contributed by atoms with Crippen LogP contribution in [0.1, 0.15) is 17.3 Å². The number of fused-ring (bicyclic) bond motifs is 4. The van der Waals surface area contributed by atoms with Crippen LogP contribution >= 0.6 is 0 Å². The first-order valence-electron chi connectivity index (χ1n) is 9.26. The first-order valence-corrected chi connectivity index (χ1v) is 9.26. The summed E-state index contributed by atoms with van der Waals surface area (Å²) in [6, 6.07) is 20.9. The minimum Gasteiger partial charge on any atom is -0.331 e. The van der Waals surface area contributed by atoms with Gasteiger partial charge in [0, 0.05) is 36.4 Å². The molecule has 0 unspecified atom stereocenters. The van der Waals surface area contributed by atoms with Crippen molar-refractivity contribution >= 4 is 32.7 Å². The molecular weight excluding hydrogens is 332 g/mol. The Morgan fingerprint density at radius 1 is 0.778 bits per heavy atom. The second-order valence-corrected chi connectivity index (χ2v) is 6.98. The molecule has 2 aromatic heterocycles. The molecule has 0 aliphatic heterocycles. The van der Waals surface area contributed by atoms with Gasteiger partial charge in [-0.25, -0.2) is 15.0 Å². The lowest BCUT2D eigenvalue weighted by molar-refractivity contribution is 0.760. The van der Waals surface area contributed by atoms with E-state index in [1.54, 1.807) is 0 Å². The zero-order valence-corrected chi connectivity index (χ0v) is 15.5. The highest BCUT2D eigenvalue weighted by Gasteiger charge is 2.12. The fourth-order valence-electron chi connectivity index (χ4n) is 3.83. The number of imidazole rings is 1. The summed E-state index contributed by atoms with van der Waals surface area (Å²) in [5, 5.41) is 3.55. The van der Waals surface area contributed by atoms with E-state index < -0.39 is 0 Å². The smallest absolute Gasteiger partial charge is 0.129 e. The van der Waals surface area contributed by atoms with Crippen molar-refractivity contribution in [3.05, 3.63) is 78.0 Å². The standard InChI is InChI=1S/C23H20N4/c1-15-17-8-5-6-10-19(17)25-21(24-15)13-14-22-26-23-18-9-4-3-7-16(18)11-12-20(23)27(22)2/h3-12H,13-14H2,1-2H3. The molecule has 0 N–H and O–H groups in total. The summed E-state index contributed by atoms with van der Waals surface area (Å²) in [7, 11) is 2.09. The molecule has 5 rings (SSSR count). The summed E-state index contributed by atoms with van der Waals surface area (Å²) in [4.78, 5) is 14.4. The molecule has 132 valence electrons. The Labute approximate surface area is 157 Å². The number of rotatable bonds is 3. The van der Waals surface area contributed by atoms with Crippen LogP contribution < -0.4 is 0 Å². The maximum Gasteiger partial charge on any atom is 0.129 e. The Bertz CT molecular complexity index is 1300. The molecule has 0 radical (unpaired) electrons. The number of benzene rings is 3. The number of aromatic nitrogens is 4. The third-order valence-electron chi connectivity index (χ3n) is 5.28. The molecule has 0 bridgehead atoms. The molecule has 0 saturated heterocycles. The maximum atomic E-state index is 4.95. The van der Waals surface area contributed by atoms with Gasteiger partial charge in [0.25, 0.3) is 0 Å². The van der Waals surface area contributed by atoms with E-state index in [-0.39, 0.29) is 0 Å². The lowest BCUT2D eigenvalue weighted by Gasteiger charge is -2.06. The minimum atomic E-state index is 0.779. The maximum absolute atomic E-state index is 4.95. The Morgan fingerprint density at radius 2 is 1.56 bits per heavy atom. The van der Waals surface area contributed by atoms with Crippen molar-refractivity contribution in [3.8, 4) is 0 Å². The molecule has 4 heteroatoms. The minimum absolute atomic E-state index is 0.779. The highest BCUT2D eigenvalue weighted by Crippen LogP contribution is 2.25. The summed E-state index contributed by atoms with van der Waals surface area (Å²) in [5.74, 6) is 1.94. The summed E-state index contributed by atoms with van der Waals surface area (Å²) in [6.07, 6.45) is 1.60. The Kier molecular flexibility index (Phi) is 3.64. The van der Waals surface area contributed by atoms with E-state index in [0.29, 0.717) is 0 Å². The molecule has 0 fully saturated rings. The molecule has 0 saturated carbocycles. The van der Waals surface area contributed by atoms with Crippen LogP contribution in [0.15, 0.2) is 60.7 Å². The van der Waals surface area contributed by atoms with Gasteiger partial charge in [0.15, 0.2) is 0 Å². The quantitative estimate of drug-likeness (QED) is 0.470. The van der Waals surface area contributed by atoms with E-state index in [9.17, 15) is 0 Å². The number of hydrogen-bond donors (Lipinski definition) is 0. The molecule has 0 spiro atoms. The third kappa shape index (κ3) is 2.65. The predicted octanol–water partition coefficient (Wildman–Crippen LogP) is 4.76. The van der Waals surface area contributed by atoms with E-state index in [1.165, 1.54) is 16.3 Å². The molecule has 5 aromatic rings.